The molecule has 1 aromatic rings. The van der Waals surface area contributed by atoms with Gasteiger partial charge in [-0.05, 0) is 50.0 Å². The maximum absolute atomic E-state index is 13.0. The van der Waals surface area contributed by atoms with Crippen molar-refractivity contribution in [1.29, 1.82) is 0 Å². The molecule has 144 valence electrons. The van der Waals surface area contributed by atoms with Crippen molar-refractivity contribution in [1.82, 2.24) is 9.47 Å². The predicted molar refractivity (Wildman–Crippen MR) is 92.0 cm³/mol. The van der Waals surface area contributed by atoms with Gasteiger partial charge in [0.25, 0.3) is 5.56 Å². The predicted octanol–water partition coefficient (Wildman–Crippen LogP) is 3.95. The Morgan fingerprint density at radius 1 is 1.31 bits per heavy atom. The monoisotopic (exact) mass is 390 g/mol. The Kier molecular flexibility index (Phi) is 5.37. The Balaban J connectivity index is 1.81. The summed E-state index contributed by atoms with van der Waals surface area (Å²) in [6.07, 6.45) is 1.04. The molecule has 0 unspecified atom stereocenters. The molecule has 1 amide bonds. The quantitative estimate of drug-likeness (QED) is 0.767. The first-order valence-corrected chi connectivity index (χ1v) is 9.31. The Morgan fingerprint density at radius 3 is 2.73 bits per heavy atom. The third kappa shape index (κ3) is 3.92. The van der Waals surface area contributed by atoms with Gasteiger partial charge in [0.1, 0.15) is 11.6 Å². The summed E-state index contributed by atoms with van der Waals surface area (Å²) in [4.78, 5) is 26.6. The molecule has 2 heterocycles. The first-order valence-electron chi connectivity index (χ1n) is 8.93. The van der Waals surface area contributed by atoms with Gasteiger partial charge in [0, 0.05) is 18.8 Å². The summed E-state index contributed by atoms with van der Waals surface area (Å²) in [6.45, 7) is 2.39. The van der Waals surface area contributed by atoms with E-state index in [-0.39, 0.29) is 11.9 Å². The minimum absolute atomic E-state index is 0.129. The molecule has 1 aliphatic carbocycles. The molecule has 0 N–H and O–H groups in total. The fourth-order valence-corrected chi connectivity index (χ4v) is 4.54. The van der Waals surface area contributed by atoms with Crippen molar-refractivity contribution < 1.29 is 18.0 Å². The molecule has 0 radical (unpaired) electrons. The Labute approximate surface area is 154 Å². The van der Waals surface area contributed by atoms with Gasteiger partial charge >= 0.3 is 6.18 Å². The van der Waals surface area contributed by atoms with Gasteiger partial charge in [-0.2, -0.15) is 13.2 Å². The maximum atomic E-state index is 13.0. The number of halogens is 4. The van der Waals surface area contributed by atoms with Crippen molar-refractivity contribution in [3.8, 4) is 0 Å². The van der Waals surface area contributed by atoms with Crippen LogP contribution in [0.4, 0.5) is 13.2 Å². The lowest BCUT2D eigenvalue weighted by atomic mass is 9.74. The molecule has 1 aliphatic heterocycles. The van der Waals surface area contributed by atoms with Crippen LogP contribution in [0.1, 0.15) is 44.6 Å². The average Bonchev–Trinajstić information content (AvgIpc) is 2.56. The number of carbonyl (C=O) groups is 1. The Morgan fingerprint density at radius 2 is 2.04 bits per heavy atom. The first kappa shape index (κ1) is 19.3. The lowest BCUT2D eigenvalue weighted by Crippen LogP contribution is -2.51. The summed E-state index contributed by atoms with van der Waals surface area (Å²) in [5, 5.41) is -0.532. The SMILES string of the molecule is C[C@@H]1CC[C@@H]2[C@@H](CCCN2C(=O)Cn2cc(C(F)(F)F)cc(Cl)c2=O)C1. The van der Waals surface area contributed by atoms with E-state index in [1.165, 1.54) is 0 Å². The molecule has 1 saturated carbocycles. The van der Waals surface area contributed by atoms with Crippen LogP contribution in [0, 0.1) is 11.8 Å². The van der Waals surface area contributed by atoms with Gasteiger partial charge in [-0.3, -0.25) is 9.59 Å². The van der Waals surface area contributed by atoms with E-state index in [0.29, 0.717) is 30.6 Å². The van der Waals surface area contributed by atoms with Crippen molar-refractivity contribution in [2.24, 2.45) is 11.8 Å². The molecule has 3 atom stereocenters. The minimum atomic E-state index is -4.63. The molecular weight excluding hydrogens is 369 g/mol. The second-order valence-corrected chi connectivity index (χ2v) is 7.89. The van der Waals surface area contributed by atoms with Crippen LogP contribution in [-0.4, -0.2) is 28.0 Å². The smallest absolute Gasteiger partial charge is 0.338 e. The molecule has 0 bridgehead atoms. The van der Waals surface area contributed by atoms with E-state index in [1.807, 2.05) is 0 Å². The third-order valence-electron chi connectivity index (χ3n) is 5.57. The van der Waals surface area contributed by atoms with Gasteiger partial charge < -0.3 is 9.47 Å². The lowest BCUT2D eigenvalue weighted by molar-refractivity contribution is -0.140. The van der Waals surface area contributed by atoms with Crippen LogP contribution in [0.15, 0.2) is 17.1 Å². The van der Waals surface area contributed by atoms with Gasteiger partial charge in [0.15, 0.2) is 0 Å². The van der Waals surface area contributed by atoms with Crippen LogP contribution >= 0.6 is 11.6 Å². The number of amides is 1. The van der Waals surface area contributed by atoms with Crippen LogP contribution in [0.5, 0.6) is 0 Å². The second kappa shape index (κ2) is 7.25. The van der Waals surface area contributed by atoms with Crippen LogP contribution in [0.25, 0.3) is 0 Å². The zero-order valence-corrected chi connectivity index (χ0v) is 15.3. The highest BCUT2D eigenvalue weighted by molar-refractivity contribution is 6.30. The van der Waals surface area contributed by atoms with E-state index in [4.69, 9.17) is 11.6 Å². The highest BCUT2D eigenvalue weighted by Crippen LogP contribution is 2.38. The molecule has 0 spiro atoms. The number of aromatic nitrogens is 1. The van der Waals surface area contributed by atoms with Gasteiger partial charge in [-0.25, -0.2) is 0 Å². The van der Waals surface area contributed by atoms with E-state index in [0.717, 1.165) is 36.7 Å². The fourth-order valence-electron chi connectivity index (χ4n) is 4.31. The van der Waals surface area contributed by atoms with E-state index in [9.17, 15) is 22.8 Å². The molecule has 2 aliphatic rings. The minimum Gasteiger partial charge on any atom is -0.338 e. The number of likely N-dealkylation sites (tertiary alicyclic amines) is 1. The van der Waals surface area contributed by atoms with Crippen LogP contribution in [0.2, 0.25) is 5.02 Å². The van der Waals surface area contributed by atoms with Crippen LogP contribution < -0.4 is 5.56 Å². The van der Waals surface area contributed by atoms with E-state index in [1.54, 1.807) is 4.90 Å². The maximum Gasteiger partial charge on any atom is 0.417 e. The normalized spacial score (nSPS) is 26.5. The average molecular weight is 391 g/mol. The number of fused-ring (bicyclic) bond motifs is 1. The molecule has 2 fully saturated rings. The van der Waals surface area contributed by atoms with Crippen molar-refractivity contribution in [2.45, 2.75) is 57.8 Å². The number of alkyl halides is 3. The van der Waals surface area contributed by atoms with Crippen LogP contribution in [0.3, 0.4) is 0 Å². The third-order valence-corrected chi connectivity index (χ3v) is 5.85. The molecular formula is C18H22ClF3N2O2. The lowest BCUT2D eigenvalue weighted by Gasteiger charge is -2.45. The zero-order valence-electron chi connectivity index (χ0n) is 14.6. The highest BCUT2D eigenvalue weighted by Gasteiger charge is 2.38. The molecule has 8 heteroatoms. The van der Waals surface area contributed by atoms with Gasteiger partial charge in [0.2, 0.25) is 5.91 Å². The van der Waals surface area contributed by atoms with Crippen molar-refractivity contribution in [3.05, 3.63) is 33.2 Å². The number of rotatable bonds is 2. The summed E-state index contributed by atoms with van der Waals surface area (Å²) in [7, 11) is 0. The first-order chi connectivity index (χ1) is 12.2. The Hall–Kier alpha value is -1.50. The number of hydrogen-bond acceptors (Lipinski definition) is 2. The van der Waals surface area contributed by atoms with Crippen LogP contribution in [-0.2, 0) is 17.5 Å². The number of nitrogens with zero attached hydrogens (tertiary/aromatic N) is 2. The topological polar surface area (TPSA) is 42.3 Å². The molecule has 3 rings (SSSR count). The number of pyridine rings is 1. The summed E-state index contributed by atoms with van der Waals surface area (Å²) in [6, 6.07) is 0.731. The summed E-state index contributed by atoms with van der Waals surface area (Å²) in [5.41, 5.74) is -1.81. The van der Waals surface area contributed by atoms with E-state index >= 15 is 0 Å². The van der Waals surface area contributed by atoms with Crippen molar-refractivity contribution >= 4 is 17.5 Å². The van der Waals surface area contributed by atoms with Crippen molar-refractivity contribution in [2.75, 3.05) is 6.54 Å². The van der Waals surface area contributed by atoms with Gasteiger partial charge in [-0.1, -0.05) is 18.5 Å². The number of piperidine rings is 1. The van der Waals surface area contributed by atoms with Gasteiger partial charge in [-0.15, -0.1) is 0 Å². The summed E-state index contributed by atoms with van der Waals surface area (Å²) < 4.78 is 39.7. The highest BCUT2D eigenvalue weighted by atomic mass is 35.5. The van der Waals surface area contributed by atoms with Crippen molar-refractivity contribution in [3.63, 3.8) is 0 Å². The summed E-state index contributed by atoms with van der Waals surface area (Å²) in [5.74, 6) is 0.765. The van der Waals surface area contributed by atoms with E-state index in [2.05, 4.69) is 6.92 Å². The summed E-state index contributed by atoms with van der Waals surface area (Å²) >= 11 is 5.66. The standard InChI is InChI=1S/C18H22ClF3N2O2/c1-11-4-5-15-12(7-11)3-2-6-24(15)16(25)10-23-9-13(18(20,21)22)8-14(19)17(23)26/h8-9,11-12,15H,2-7,10H2,1H3/t11-,12+,15-/m1/s1. The largest absolute Gasteiger partial charge is 0.417 e. The second-order valence-electron chi connectivity index (χ2n) is 7.48. The zero-order chi connectivity index (χ0) is 19.1. The molecule has 0 aromatic carbocycles. The molecule has 1 saturated heterocycles. The molecule has 1 aromatic heterocycles. The molecule has 26 heavy (non-hydrogen) atoms. The fraction of sp³-hybridized carbons (Fsp3) is 0.667. The number of hydrogen-bond donors (Lipinski definition) is 0. The number of carbonyl (C=O) groups excluding carboxylic acids is 1. The Bertz CT molecular complexity index is 747. The van der Waals surface area contributed by atoms with Gasteiger partial charge in [0.05, 0.1) is 5.56 Å². The van der Waals surface area contributed by atoms with E-state index < -0.39 is 28.9 Å². The molecule has 4 nitrogen and oxygen atoms in total.